The van der Waals surface area contributed by atoms with Gasteiger partial charge >= 0.3 is 0 Å². The zero-order valence-corrected chi connectivity index (χ0v) is 12.9. The van der Waals surface area contributed by atoms with Crippen LogP contribution in [0.1, 0.15) is 4.88 Å². The minimum atomic E-state index is -0.256. The normalized spacial score (nSPS) is 11.0. The number of anilines is 1. The molecule has 23 heavy (non-hydrogen) atoms. The lowest BCUT2D eigenvalue weighted by Gasteiger charge is -2.06. The third-order valence-electron chi connectivity index (χ3n) is 3.53. The van der Waals surface area contributed by atoms with E-state index in [9.17, 15) is 4.39 Å². The van der Waals surface area contributed by atoms with Crippen molar-refractivity contribution in [2.75, 3.05) is 5.32 Å². The number of rotatable bonds is 4. The fourth-order valence-corrected chi connectivity index (χ4v) is 3.02. The van der Waals surface area contributed by atoms with Crippen LogP contribution < -0.4 is 5.32 Å². The minimum absolute atomic E-state index is 0.256. The predicted octanol–water partition coefficient (Wildman–Crippen LogP) is 4.21. The number of imidazole rings is 1. The maximum atomic E-state index is 13.1. The zero-order chi connectivity index (χ0) is 15.6. The maximum Gasteiger partial charge on any atom is 0.154 e. The third kappa shape index (κ3) is 2.80. The van der Waals surface area contributed by atoms with Crippen molar-refractivity contribution in [3.63, 3.8) is 0 Å². The van der Waals surface area contributed by atoms with Crippen molar-refractivity contribution in [2.24, 2.45) is 0 Å². The summed E-state index contributed by atoms with van der Waals surface area (Å²) in [6, 6.07) is 14.3. The topological polar surface area (TPSA) is 42.2 Å². The highest BCUT2D eigenvalue weighted by Crippen LogP contribution is 2.21. The molecule has 4 rings (SSSR count). The van der Waals surface area contributed by atoms with Crippen molar-refractivity contribution in [1.29, 1.82) is 0 Å². The molecule has 0 spiro atoms. The van der Waals surface area contributed by atoms with Gasteiger partial charge in [0.25, 0.3) is 0 Å². The van der Waals surface area contributed by atoms with Gasteiger partial charge in [-0.2, -0.15) is 0 Å². The Morgan fingerprint density at radius 2 is 1.96 bits per heavy atom. The summed E-state index contributed by atoms with van der Waals surface area (Å²) in [4.78, 5) is 5.60. The van der Waals surface area contributed by atoms with Crippen LogP contribution in [0.25, 0.3) is 16.9 Å². The van der Waals surface area contributed by atoms with Crippen LogP contribution in [-0.4, -0.2) is 14.6 Å². The maximum absolute atomic E-state index is 13.1. The quantitative estimate of drug-likeness (QED) is 0.611. The van der Waals surface area contributed by atoms with Gasteiger partial charge in [0.15, 0.2) is 5.65 Å². The van der Waals surface area contributed by atoms with Gasteiger partial charge in [0.1, 0.15) is 11.6 Å². The predicted molar refractivity (Wildman–Crippen MR) is 90.0 cm³/mol. The Morgan fingerprint density at radius 1 is 1.09 bits per heavy atom. The van der Waals surface area contributed by atoms with Gasteiger partial charge in [-0.25, -0.2) is 13.9 Å². The second-order valence-electron chi connectivity index (χ2n) is 5.07. The molecule has 0 saturated heterocycles. The first kappa shape index (κ1) is 13.9. The van der Waals surface area contributed by atoms with Gasteiger partial charge in [0, 0.05) is 10.4 Å². The number of thiophene rings is 1. The van der Waals surface area contributed by atoms with Crippen molar-refractivity contribution in [2.45, 2.75) is 6.54 Å². The molecule has 1 N–H and O–H groups in total. The molecule has 114 valence electrons. The summed E-state index contributed by atoms with van der Waals surface area (Å²) >= 11 is 1.70. The molecule has 6 heteroatoms. The number of benzene rings is 1. The van der Waals surface area contributed by atoms with Crippen LogP contribution in [0.2, 0.25) is 0 Å². The van der Waals surface area contributed by atoms with Crippen LogP contribution in [0.4, 0.5) is 10.2 Å². The van der Waals surface area contributed by atoms with Crippen molar-refractivity contribution in [1.82, 2.24) is 14.6 Å². The summed E-state index contributed by atoms with van der Waals surface area (Å²) in [6.07, 6.45) is 1.75. The Balaban J connectivity index is 1.67. The molecule has 0 fully saturated rings. The van der Waals surface area contributed by atoms with E-state index in [0.717, 1.165) is 29.3 Å². The largest absolute Gasteiger partial charge is 0.364 e. The molecule has 0 radical (unpaired) electrons. The number of fused-ring (bicyclic) bond motifs is 1. The molecule has 4 aromatic rings. The Morgan fingerprint density at radius 3 is 2.74 bits per heavy atom. The smallest absolute Gasteiger partial charge is 0.154 e. The van der Waals surface area contributed by atoms with Crippen LogP contribution in [0.5, 0.6) is 0 Å². The first-order chi connectivity index (χ1) is 11.3. The zero-order valence-electron chi connectivity index (χ0n) is 12.1. The summed E-state index contributed by atoms with van der Waals surface area (Å²) < 4.78 is 14.9. The Hall–Kier alpha value is -2.73. The first-order valence-electron chi connectivity index (χ1n) is 7.16. The molecular weight excluding hydrogens is 311 g/mol. The van der Waals surface area contributed by atoms with E-state index >= 15 is 0 Å². The lowest BCUT2D eigenvalue weighted by molar-refractivity contribution is 0.628. The molecule has 0 aliphatic heterocycles. The second kappa shape index (κ2) is 5.81. The molecule has 4 nitrogen and oxygen atoms in total. The van der Waals surface area contributed by atoms with E-state index in [-0.39, 0.29) is 5.82 Å². The van der Waals surface area contributed by atoms with Crippen LogP contribution in [-0.2, 0) is 6.54 Å². The highest BCUT2D eigenvalue weighted by Gasteiger charge is 2.08. The fourth-order valence-electron chi connectivity index (χ4n) is 2.38. The van der Waals surface area contributed by atoms with Crippen LogP contribution in [0.15, 0.2) is 60.1 Å². The Labute approximate surface area is 136 Å². The lowest BCUT2D eigenvalue weighted by atomic mass is 10.2. The lowest BCUT2D eigenvalue weighted by Crippen LogP contribution is -2.03. The Kier molecular flexibility index (Phi) is 3.51. The fraction of sp³-hybridized carbons (Fsp3) is 0.0588. The van der Waals surface area contributed by atoms with Crippen LogP contribution in [0, 0.1) is 5.82 Å². The van der Waals surface area contributed by atoms with Gasteiger partial charge in [0.2, 0.25) is 0 Å². The average molecular weight is 324 g/mol. The molecule has 0 aliphatic carbocycles. The van der Waals surface area contributed by atoms with Gasteiger partial charge in [-0.05, 0) is 47.8 Å². The molecule has 3 heterocycles. The molecule has 0 unspecified atom stereocenters. The monoisotopic (exact) mass is 324 g/mol. The van der Waals surface area contributed by atoms with Crippen LogP contribution >= 0.6 is 11.3 Å². The molecule has 0 bridgehead atoms. The van der Waals surface area contributed by atoms with Crippen molar-refractivity contribution < 1.29 is 4.39 Å². The number of hydrogen-bond donors (Lipinski definition) is 1. The van der Waals surface area contributed by atoms with Crippen molar-refractivity contribution >= 4 is 22.8 Å². The van der Waals surface area contributed by atoms with E-state index < -0.39 is 0 Å². The van der Waals surface area contributed by atoms with E-state index in [1.807, 2.05) is 18.2 Å². The van der Waals surface area contributed by atoms with Gasteiger partial charge in [-0.1, -0.05) is 6.07 Å². The van der Waals surface area contributed by atoms with E-state index in [0.29, 0.717) is 0 Å². The molecule has 0 amide bonds. The average Bonchev–Trinajstić information content (AvgIpc) is 3.23. The number of hydrogen-bond acceptors (Lipinski definition) is 4. The number of nitrogens with one attached hydrogen (secondary N) is 1. The van der Waals surface area contributed by atoms with E-state index in [2.05, 4.69) is 26.8 Å². The van der Waals surface area contributed by atoms with Crippen LogP contribution in [0.3, 0.4) is 0 Å². The van der Waals surface area contributed by atoms with Gasteiger partial charge < -0.3 is 5.32 Å². The first-order valence-corrected chi connectivity index (χ1v) is 8.04. The highest BCUT2D eigenvalue weighted by atomic mass is 32.1. The standard InChI is InChI=1S/C17H13FN4S/c18-13-5-3-12(4-6-13)15-11-20-17-8-7-16(21-22(15)17)19-10-14-2-1-9-23-14/h1-9,11H,10H2,(H,19,21). The molecule has 1 aromatic carbocycles. The minimum Gasteiger partial charge on any atom is -0.364 e. The van der Waals surface area contributed by atoms with Gasteiger partial charge in [-0.15, -0.1) is 16.4 Å². The third-order valence-corrected chi connectivity index (χ3v) is 4.40. The summed E-state index contributed by atoms with van der Waals surface area (Å²) in [5.41, 5.74) is 2.47. The number of nitrogens with zero attached hydrogens (tertiary/aromatic N) is 3. The van der Waals surface area contributed by atoms with Crippen molar-refractivity contribution in [3.8, 4) is 11.3 Å². The van der Waals surface area contributed by atoms with Gasteiger partial charge in [0.05, 0.1) is 18.4 Å². The molecule has 0 aliphatic rings. The summed E-state index contributed by atoms with van der Waals surface area (Å²) in [6.45, 7) is 0.733. The highest BCUT2D eigenvalue weighted by molar-refractivity contribution is 7.09. The number of halogens is 1. The molecule has 0 saturated carbocycles. The molecular formula is C17H13FN4S. The van der Waals surface area contributed by atoms with Gasteiger partial charge in [-0.3, -0.25) is 0 Å². The SMILES string of the molecule is Fc1ccc(-c2cnc3ccc(NCc4cccs4)nn23)cc1. The summed E-state index contributed by atoms with van der Waals surface area (Å²) in [7, 11) is 0. The summed E-state index contributed by atoms with van der Waals surface area (Å²) in [5, 5.41) is 9.95. The van der Waals surface area contributed by atoms with Crippen molar-refractivity contribution in [3.05, 3.63) is 70.8 Å². The number of aromatic nitrogens is 3. The second-order valence-corrected chi connectivity index (χ2v) is 6.10. The molecule has 0 atom stereocenters. The van der Waals surface area contributed by atoms with E-state index in [1.54, 1.807) is 34.2 Å². The summed E-state index contributed by atoms with van der Waals surface area (Å²) in [5.74, 6) is 0.515. The van der Waals surface area contributed by atoms with E-state index in [4.69, 9.17) is 0 Å². The molecule has 3 aromatic heterocycles. The van der Waals surface area contributed by atoms with E-state index in [1.165, 1.54) is 17.0 Å². The Bertz CT molecular complexity index is 929.